The van der Waals surface area contributed by atoms with E-state index in [0.29, 0.717) is 12.4 Å². The Morgan fingerprint density at radius 1 is 1.12 bits per heavy atom. The van der Waals surface area contributed by atoms with Crippen molar-refractivity contribution in [2.24, 2.45) is 29.1 Å². The summed E-state index contributed by atoms with van der Waals surface area (Å²) in [7, 11) is 0. The van der Waals surface area contributed by atoms with E-state index in [2.05, 4.69) is 0 Å². The normalized spacial score (nSPS) is 35.9. The molecule has 2 atom stereocenters. The van der Waals surface area contributed by atoms with Crippen LogP contribution in [0, 0.1) is 46.2 Å². The number of hydrogen-bond donors (Lipinski definition) is 1. The molecule has 7 heteroatoms. The number of hydrogen-bond acceptors (Lipinski definition) is 4. The second kappa shape index (κ2) is 7.96. The Morgan fingerprint density at radius 3 is 2.32 bits per heavy atom. The van der Waals surface area contributed by atoms with Gasteiger partial charge in [0.05, 0.1) is 24.2 Å². The molecule has 1 aliphatic heterocycles. The fraction of sp³-hybridized carbons (Fsp3) is 0.667. The Morgan fingerprint density at radius 2 is 1.76 bits per heavy atom. The van der Waals surface area contributed by atoms with Crippen molar-refractivity contribution in [1.82, 2.24) is 4.90 Å². The summed E-state index contributed by atoms with van der Waals surface area (Å²) in [5.41, 5.74) is 0.947. The van der Waals surface area contributed by atoms with E-state index in [4.69, 9.17) is 4.74 Å². The van der Waals surface area contributed by atoms with E-state index in [1.54, 1.807) is 6.07 Å². The topological polar surface area (TPSA) is 90.6 Å². The third-order valence-electron chi connectivity index (χ3n) is 9.08. The minimum Gasteiger partial charge on any atom is -0.493 e. The second-order valence-corrected chi connectivity index (χ2v) is 11.7. The van der Waals surface area contributed by atoms with E-state index in [-0.39, 0.29) is 29.9 Å². The summed E-state index contributed by atoms with van der Waals surface area (Å²) < 4.78 is 21.6. The van der Waals surface area contributed by atoms with Crippen molar-refractivity contribution < 1.29 is 23.8 Å². The highest BCUT2D eigenvalue weighted by atomic mass is 19.1. The zero-order valence-corrected chi connectivity index (χ0v) is 19.3. The maximum absolute atomic E-state index is 15.3. The third-order valence-corrected chi connectivity index (χ3v) is 9.08. The molecule has 1 aromatic rings. The van der Waals surface area contributed by atoms with Crippen molar-refractivity contribution in [2.75, 3.05) is 13.2 Å². The van der Waals surface area contributed by atoms with Crippen LogP contribution >= 0.6 is 0 Å². The lowest BCUT2D eigenvalue weighted by Gasteiger charge is -2.56. The van der Waals surface area contributed by atoms with Gasteiger partial charge in [-0.3, -0.25) is 4.79 Å². The molecule has 1 amide bonds. The number of likely N-dealkylation sites (tertiary alicyclic amines) is 1. The van der Waals surface area contributed by atoms with Crippen molar-refractivity contribution >= 4 is 11.9 Å². The lowest BCUT2D eigenvalue weighted by Crippen LogP contribution is -2.48. The highest BCUT2D eigenvalue weighted by molar-refractivity contribution is 5.97. The van der Waals surface area contributed by atoms with E-state index >= 15 is 4.39 Å². The van der Waals surface area contributed by atoms with E-state index in [9.17, 15) is 20.0 Å². The Bertz CT molecular complexity index is 1040. The third kappa shape index (κ3) is 3.76. The van der Waals surface area contributed by atoms with Gasteiger partial charge < -0.3 is 14.7 Å². The minimum absolute atomic E-state index is 0.00870. The van der Waals surface area contributed by atoms with Crippen LogP contribution in [0.3, 0.4) is 0 Å². The lowest BCUT2D eigenvalue weighted by molar-refractivity contribution is -0.141. The number of nitriles is 1. The summed E-state index contributed by atoms with van der Waals surface area (Å²) in [6.07, 6.45) is 9.74. The molecule has 7 rings (SSSR count). The molecular formula is C27H31FN2O4. The van der Waals surface area contributed by atoms with Gasteiger partial charge in [0, 0.05) is 18.0 Å². The van der Waals surface area contributed by atoms with E-state index in [1.165, 1.54) is 44.6 Å². The number of ether oxygens (including phenoxy) is 1. The average molecular weight is 467 g/mol. The van der Waals surface area contributed by atoms with Crippen LogP contribution in [0.4, 0.5) is 4.39 Å². The van der Waals surface area contributed by atoms with Crippen LogP contribution in [0.2, 0.25) is 0 Å². The maximum atomic E-state index is 15.3. The van der Waals surface area contributed by atoms with Crippen LogP contribution in [-0.4, -0.2) is 41.1 Å². The van der Waals surface area contributed by atoms with E-state index < -0.39 is 29.7 Å². The van der Waals surface area contributed by atoms with Gasteiger partial charge in [-0.05, 0) is 93.1 Å². The highest BCUT2D eigenvalue weighted by Gasteiger charge is 2.51. The fourth-order valence-corrected chi connectivity index (χ4v) is 7.81. The monoisotopic (exact) mass is 466 g/mol. The molecule has 34 heavy (non-hydrogen) atoms. The molecule has 4 bridgehead atoms. The number of carboxylic acid groups (broad SMARTS) is 1. The average Bonchev–Trinajstić information content (AvgIpc) is 3.53. The van der Waals surface area contributed by atoms with Crippen LogP contribution in [0.1, 0.15) is 79.6 Å². The molecule has 0 spiro atoms. The molecule has 0 unspecified atom stereocenters. The lowest BCUT2D eigenvalue weighted by atomic mass is 9.50. The number of rotatable bonds is 6. The van der Waals surface area contributed by atoms with Crippen molar-refractivity contribution in [1.29, 1.82) is 5.26 Å². The van der Waals surface area contributed by atoms with Gasteiger partial charge in [-0.25, -0.2) is 9.18 Å². The summed E-state index contributed by atoms with van der Waals surface area (Å²) in [6, 6.07) is 3.87. The molecule has 180 valence electrons. The number of carbonyl (C=O) groups excluding carboxylic acids is 1. The van der Waals surface area contributed by atoms with E-state index in [1.807, 2.05) is 6.07 Å². The first-order valence-electron chi connectivity index (χ1n) is 12.7. The number of aliphatic carboxylic acids is 1. The standard InChI is InChI=1S/C27H31FN2O4/c28-22-8-24(34-14-27-9-15-3-16(10-27)5-17(4-15)11-27)20(19-1-2-19)7-21(22)25(31)30-13-18(12-29)6-23(30)26(32)33/h7-8,15-19,23H,1-6,9-11,13-14H2,(H,32,33)/t15?,16?,17?,18-,23+,27?/m1/s1. The Kier molecular flexibility index (Phi) is 5.13. The predicted octanol–water partition coefficient (Wildman–Crippen LogP) is 4.74. The summed E-state index contributed by atoms with van der Waals surface area (Å²) >= 11 is 0. The maximum Gasteiger partial charge on any atom is 0.326 e. The molecular weight excluding hydrogens is 435 g/mol. The molecule has 1 aromatic carbocycles. The first kappa shape index (κ1) is 21.9. The van der Waals surface area contributed by atoms with Crippen molar-refractivity contribution in [3.05, 3.63) is 29.1 Å². The number of halogens is 1. The van der Waals surface area contributed by atoms with Gasteiger partial charge in [-0.2, -0.15) is 5.26 Å². The molecule has 0 aromatic heterocycles. The van der Waals surface area contributed by atoms with Gasteiger partial charge in [-0.1, -0.05) is 0 Å². The molecule has 5 saturated carbocycles. The smallest absolute Gasteiger partial charge is 0.326 e. The van der Waals surface area contributed by atoms with Crippen LogP contribution in [0.5, 0.6) is 5.75 Å². The Labute approximate surface area is 199 Å². The molecule has 6 nitrogen and oxygen atoms in total. The first-order chi connectivity index (χ1) is 16.3. The quantitative estimate of drug-likeness (QED) is 0.654. The molecule has 1 heterocycles. The van der Waals surface area contributed by atoms with Crippen molar-refractivity contribution in [3.63, 3.8) is 0 Å². The molecule has 1 N–H and O–H groups in total. The number of carbonyl (C=O) groups is 2. The van der Waals surface area contributed by atoms with Crippen molar-refractivity contribution in [2.45, 2.75) is 69.7 Å². The summed E-state index contributed by atoms with van der Waals surface area (Å²) in [5.74, 6) is 0.177. The zero-order chi connectivity index (χ0) is 23.6. The summed E-state index contributed by atoms with van der Waals surface area (Å²) in [6.45, 7) is 0.620. The fourth-order valence-electron chi connectivity index (χ4n) is 7.81. The number of nitrogens with zero attached hydrogens (tertiary/aromatic N) is 2. The van der Waals surface area contributed by atoms with Gasteiger partial charge in [0.1, 0.15) is 17.6 Å². The van der Waals surface area contributed by atoms with Crippen LogP contribution in [0.15, 0.2) is 12.1 Å². The van der Waals surface area contributed by atoms with Gasteiger partial charge in [0.2, 0.25) is 0 Å². The van der Waals surface area contributed by atoms with Crippen LogP contribution < -0.4 is 4.74 Å². The zero-order valence-electron chi connectivity index (χ0n) is 19.3. The molecule has 6 aliphatic rings. The van der Waals surface area contributed by atoms with Crippen molar-refractivity contribution in [3.8, 4) is 11.8 Å². The largest absolute Gasteiger partial charge is 0.493 e. The second-order valence-electron chi connectivity index (χ2n) is 11.7. The van der Waals surface area contributed by atoms with E-state index in [0.717, 1.165) is 41.1 Å². The Balaban J connectivity index is 1.24. The van der Waals surface area contributed by atoms with Gasteiger partial charge in [0.15, 0.2) is 0 Å². The SMILES string of the molecule is N#C[C@H]1C[C@@H](C(=O)O)N(C(=O)c2cc(C3CC3)c(OCC34CC5CC(CC(C5)C3)C4)cc2F)C1. The summed E-state index contributed by atoms with van der Waals surface area (Å²) in [4.78, 5) is 26.0. The molecule has 5 aliphatic carbocycles. The molecule has 1 saturated heterocycles. The number of carboxylic acids is 1. The highest BCUT2D eigenvalue weighted by Crippen LogP contribution is 2.60. The first-order valence-corrected chi connectivity index (χ1v) is 12.7. The Hall–Kier alpha value is -2.62. The predicted molar refractivity (Wildman–Crippen MR) is 121 cm³/mol. The van der Waals surface area contributed by atoms with Crippen LogP contribution in [-0.2, 0) is 4.79 Å². The minimum atomic E-state index is -1.16. The van der Waals surface area contributed by atoms with Gasteiger partial charge >= 0.3 is 5.97 Å². The number of benzene rings is 1. The van der Waals surface area contributed by atoms with Gasteiger partial charge in [-0.15, -0.1) is 0 Å². The summed E-state index contributed by atoms with van der Waals surface area (Å²) in [5, 5.41) is 18.8. The van der Waals surface area contributed by atoms with Gasteiger partial charge in [0.25, 0.3) is 5.91 Å². The number of amides is 1. The molecule has 6 fully saturated rings. The van der Waals surface area contributed by atoms with Crippen LogP contribution in [0.25, 0.3) is 0 Å². The molecule has 0 radical (unpaired) electrons.